The number of ether oxygens (including phenoxy) is 1. The third-order valence-corrected chi connectivity index (χ3v) is 4.22. The fraction of sp³-hybridized carbons (Fsp3) is 0.294. The molecule has 1 aromatic carbocycles. The van der Waals surface area contributed by atoms with E-state index in [2.05, 4.69) is 15.6 Å². The number of thioether (sulfide) groups is 1. The highest BCUT2D eigenvalue weighted by Gasteiger charge is 2.03. The van der Waals surface area contributed by atoms with Crippen LogP contribution in [0.5, 0.6) is 5.88 Å². The number of carbonyl (C=O) groups excluding carboxylic acids is 1. The molecular formula is C17H20FN3O2S. The summed E-state index contributed by atoms with van der Waals surface area (Å²) in [5.74, 6) is 1.65. The van der Waals surface area contributed by atoms with Crippen LogP contribution in [0, 0.1) is 5.82 Å². The normalized spacial score (nSPS) is 10.2. The van der Waals surface area contributed by atoms with E-state index < -0.39 is 0 Å². The fourth-order valence-electron chi connectivity index (χ4n) is 1.92. The number of hydrogen-bond acceptors (Lipinski definition) is 4. The summed E-state index contributed by atoms with van der Waals surface area (Å²) in [6, 6.07) is 10.1. The number of nitrogens with one attached hydrogen (secondary N) is 2. The van der Waals surface area contributed by atoms with E-state index >= 15 is 0 Å². The standard InChI is InChI=1S/C17H20FN3O2S/c1-23-16-7-6-13(10-20-16)11-21-17(22)19-8-9-24-12-14-4-2-3-5-15(14)18/h2-7,10H,8-9,11-12H2,1H3,(H2,19,21,22). The first kappa shape index (κ1) is 18.1. The summed E-state index contributed by atoms with van der Waals surface area (Å²) in [4.78, 5) is 15.8. The summed E-state index contributed by atoms with van der Waals surface area (Å²) in [7, 11) is 1.55. The number of hydrogen-bond donors (Lipinski definition) is 2. The van der Waals surface area contributed by atoms with E-state index in [9.17, 15) is 9.18 Å². The van der Waals surface area contributed by atoms with Gasteiger partial charge in [0.15, 0.2) is 0 Å². The second kappa shape index (κ2) is 9.77. The predicted octanol–water partition coefficient (Wildman–Crippen LogP) is 2.96. The Kier molecular flexibility index (Phi) is 7.35. The van der Waals surface area contributed by atoms with Crippen molar-refractivity contribution in [3.63, 3.8) is 0 Å². The first-order chi connectivity index (χ1) is 11.7. The van der Waals surface area contributed by atoms with Crippen LogP contribution in [-0.2, 0) is 12.3 Å². The highest BCUT2D eigenvalue weighted by atomic mass is 32.2. The van der Waals surface area contributed by atoms with Crippen LogP contribution < -0.4 is 15.4 Å². The molecule has 0 fully saturated rings. The van der Waals surface area contributed by atoms with Crippen LogP contribution in [0.2, 0.25) is 0 Å². The lowest BCUT2D eigenvalue weighted by Gasteiger charge is -2.08. The van der Waals surface area contributed by atoms with E-state index in [4.69, 9.17) is 4.74 Å². The molecule has 0 unspecified atom stereocenters. The Morgan fingerprint density at radius 3 is 2.79 bits per heavy atom. The quantitative estimate of drug-likeness (QED) is 0.719. The Balaban J connectivity index is 1.58. The van der Waals surface area contributed by atoms with Gasteiger partial charge in [-0.1, -0.05) is 24.3 Å². The molecule has 0 atom stereocenters. The zero-order chi connectivity index (χ0) is 17.2. The van der Waals surface area contributed by atoms with Crippen LogP contribution in [0.15, 0.2) is 42.6 Å². The van der Waals surface area contributed by atoms with Gasteiger partial charge in [0, 0.05) is 36.9 Å². The van der Waals surface area contributed by atoms with Gasteiger partial charge in [0.05, 0.1) is 7.11 Å². The van der Waals surface area contributed by atoms with E-state index in [-0.39, 0.29) is 11.8 Å². The number of halogens is 1. The molecule has 2 rings (SSSR count). The zero-order valence-corrected chi connectivity index (χ0v) is 14.2. The first-order valence-corrected chi connectivity index (χ1v) is 8.66. The SMILES string of the molecule is COc1ccc(CNC(=O)NCCSCc2ccccc2F)cn1. The second-order valence-electron chi connectivity index (χ2n) is 4.96. The van der Waals surface area contributed by atoms with Gasteiger partial charge >= 0.3 is 6.03 Å². The fourth-order valence-corrected chi connectivity index (χ4v) is 2.76. The maximum atomic E-state index is 13.4. The third kappa shape index (κ3) is 6.08. The topological polar surface area (TPSA) is 63.2 Å². The Morgan fingerprint density at radius 2 is 2.08 bits per heavy atom. The van der Waals surface area contributed by atoms with Crippen molar-refractivity contribution in [2.75, 3.05) is 19.4 Å². The summed E-state index contributed by atoms with van der Waals surface area (Å²) in [5, 5.41) is 5.52. The summed E-state index contributed by atoms with van der Waals surface area (Å²) in [6.45, 7) is 0.914. The van der Waals surface area contributed by atoms with Crippen LogP contribution in [0.4, 0.5) is 9.18 Å². The van der Waals surface area contributed by atoms with Gasteiger partial charge in [0.2, 0.25) is 5.88 Å². The first-order valence-electron chi connectivity index (χ1n) is 7.51. The van der Waals surface area contributed by atoms with Gasteiger partial charge in [-0.25, -0.2) is 14.2 Å². The van der Waals surface area contributed by atoms with Crippen molar-refractivity contribution in [2.45, 2.75) is 12.3 Å². The summed E-state index contributed by atoms with van der Waals surface area (Å²) in [6.07, 6.45) is 1.66. The lowest BCUT2D eigenvalue weighted by Crippen LogP contribution is -2.36. The number of aromatic nitrogens is 1. The molecule has 24 heavy (non-hydrogen) atoms. The van der Waals surface area contributed by atoms with Crippen molar-refractivity contribution in [2.24, 2.45) is 0 Å². The van der Waals surface area contributed by atoms with E-state index in [1.807, 2.05) is 12.1 Å². The van der Waals surface area contributed by atoms with Crippen molar-refractivity contribution in [3.05, 3.63) is 59.5 Å². The number of amides is 2. The van der Waals surface area contributed by atoms with E-state index in [1.54, 1.807) is 43.3 Å². The van der Waals surface area contributed by atoms with Gasteiger partial charge in [-0.15, -0.1) is 0 Å². The molecule has 0 saturated heterocycles. The highest BCUT2D eigenvalue weighted by molar-refractivity contribution is 7.98. The lowest BCUT2D eigenvalue weighted by molar-refractivity contribution is 0.241. The molecule has 0 aliphatic heterocycles. The number of benzene rings is 1. The average Bonchev–Trinajstić information content (AvgIpc) is 2.61. The van der Waals surface area contributed by atoms with Gasteiger partial charge in [-0.3, -0.25) is 0 Å². The van der Waals surface area contributed by atoms with Gasteiger partial charge in [0.25, 0.3) is 0 Å². The van der Waals surface area contributed by atoms with Gasteiger partial charge < -0.3 is 15.4 Å². The van der Waals surface area contributed by atoms with E-state index in [1.165, 1.54) is 6.07 Å². The predicted molar refractivity (Wildman–Crippen MR) is 93.6 cm³/mol. The number of urea groups is 1. The molecule has 0 radical (unpaired) electrons. The molecular weight excluding hydrogens is 329 g/mol. The molecule has 0 saturated carbocycles. The summed E-state index contributed by atoms with van der Waals surface area (Å²) >= 11 is 1.57. The maximum Gasteiger partial charge on any atom is 0.315 e. The van der Waals surface area contributed by atoms with Crippen molar-refractivity contribution in [1.29, 1.82) is 0 Å². The number of methoxy groups -OCH3 is 1. The lowest BCUT2D eigenvalue weighted by atomic mass is 10.2. The van der Waals surface area contributed by atoms with E-state index in [0.29, 0.717) is 36.0 Å². The largest absolute Gasteiger partial charge is 0.481 e. The summed E-state index contributed by atoms with van der Waals surface area (Å²) in [5.41, 5.74) is 1.57. The van der Waals surface area contributed by atoms with Crippen LogP contribution in [0.1, 0.15) is 11.1 Å². The maximum absolute atomic E-state index is 13.4. The van der Waals surface area contributed by atoms with Crippen LogP contribution in [-0.4, -0.2) is 30.4 Å². The van der Waals surface area contributed by atoms with Crippen molar-refractivity contribution < 1.29 is 13.9 Å². The number of rotatable bonds is 8. The molecule has 1 heterocycles. The average molecular weight is 349 g/mol. The third-order valence-electron chi connectivity index (χ3n) is 3.21. The van der Waals surface area contributed by atoms with Crippen LogP contribution in [0.25, 0.3) is 0 Å². The minimum Gasteiger partial charge on any atom is -0.481 e. The number of nitrogens with zero attached hydrogens (tertiary/aromatic N) is 1. The monoisotopic (exact) mass is 349 g/mol. The molecule has 0 bridgehead atoms. The second-order valence-corrected chi connectivity index (χ2v) is 6.07. The highest BCUT2D eigenvalue weighted by Crippen LogP contribution is 2.14. The van der Waals surface area contributed by atoms with Gasteiger partial charge in [-0.05, 0) is 17.2 Å². The van der Waals surface area contributed by atoms with Crippen LogP contribution >= 0.6 is 11.8 Å². The molecule has 0 spiro atoms. The molecule has 5 nitrogen and oxygen atoms in total. The van der Waals surface area contributed by atoms with E-state index in [0.717, 1.165) is 5.56 Å². The van der Waals surface area contributed by atoms with Crippen molar-refractivity contribution in [1.82, 2.24) is 15.6 Å². The molecule has 2 aromatic rings. The Morgan fingerprint density at radius 1 is 1.25 bits per heavy atom. The van der Waals surface area contributed by atoms with Gasteiger partial charge in [0.1, 0.15) is 5.82 Å². The summed E-state index contributed by atoms with van der Waals surface area (Å²) < 4.78 is 18.4. The van der Waals surface area contributed by atoms with Crippen LogP contribution in [0.3, 0.4) is 0 Å². The van der Waals surface area contributed by atoms with Crippen molar-refractivity contribution in [3.8, 4) is 5.88 Å². The zero-order valence-electron chi connectivity index (χ0n) is 13.4. The van der Waals surface area contributed by atoms with Gasteiger partial charge in [-0.2, -0.15) is 11.8 Å². The molecule has 2 amide bonds. The molecule has 128 valence electrons. The molecule has 1 aromatic heterocycles. The molecule has 7 heteroatoms. The minimum absolute atomic E-state index is 0.191. The number of carbonyl (C=O) groups is 1. The minimum atomic E-state index is -0.239. The molecule has 0 aliphatic carbocycles. The smallest absolute Gasteiger partial charge is 0.315 e. The Labute approximate surface area is 145 Å². The Bertz CT molecular complexity index is 653. The molecule has 2 N–H and O–H groups in total. The Hall–Kier alpha value is -2.28. The van der Waals surface area contributed by atoms with Crippen molar-refractivity contribution >= 4 is 17.8 Å². The molecule has 0 aliphatic rings. The number of pyridine rings is 1.